The molecule has 6 heteroatoms. The smallest absolute Gasteiger partial charge is 0.179 e. The van der Waals surface area contributed by atoms with Gasteiger partial charge < -0.3 is 15.2 Å². The number of ether oxygens (including phenoxy) is 2. The predicted octanol–water partition coefficient (Wildman–Crippen LogP) is 3.92. The zero-order valence-electron chi connectivity index (χ0n) is 12.9. The minimum atomic E-state index is -0.889. The molecular formula is C17H18ClF2NO2. The molecule has 0 amide bonds. The van der Waals surface area contributed by atoms with E-state index in [-0.39, 0.29) is 12.5 Å². The van der Waals surface area contributed by atoms with E-state index < -0.39 is 11.6 Å². The van der Waals surface area contributed by atoms with Crippen LogP contribution in [0.2, 0.25) is 5.02 Å². The summed E-state index contributed by atoms with van der Waals surface area (Å²) in [6.45, 7) is 0.274. The average Bonchev–Trinajstić information content (AvgIpc) is 2.56. The van der Waals surface area contributed by atoms with Crippen LogP contribution in [0, 0.1) is 11.6 Å². The monoisotopic (exact) mass is 341 g/mol. The van der Waals surface area contributed by atoms with Gasteiger partial charge in [0, 0.05) is 5.92 Å². The van der Waals surface area contributed by atoms with Crippen LogP contribution in [0.15, 0.2) is 30.3 Å². The quantitative estimate of drug-likeness (QED) is 0.866. The standard InChI is InChI=1S/C17H18ClF2NO2/c1-22-15-6-4-11(16(18)17(15)23-2)7-12(9-21)10-3-5-13(19)14(20)8-10/h3-6,8,12H,7,9,21H2,1-2H3. The van der Waals surface area contributed by atoms with Crippen molar-refractivity contribution in [1.82, 2.24) is 0 Å². The lowest BCUT2D eigenvalue weighted by molar-refractivity contribution is 0.354. The molecule has 0 fully saturated rings. The predicted molar refractivity (Wildman–Crippen MR) is 86.4 cm³/mol. The molecule has 2 rings (SSSR count). The number of hydrogen-bond acceptors (Lipinski definition) is 3. The molecular weight excluding hydrogens is 324 g/mol. The Hall–Kier alpha value is -1.85. The van der Waals surface area contributed by atoms with Gasteiger partial charge in [-0.15, -0.1) is 0 Å². The number of benzene rings is 2. The minimum absolute atomic E-state index is 0.194. The van der Waals surface area contributed by atoms with Crippen LogP contribution in [0.1, 0.15) is 17.0 Å². The summed E-state index contributed by atoms with van der Waals surface area (Å²) < 4.78 is 37.0. The van der Waals surface area contributed by atoms with Crippen LogP contribution in [0.5, 0.6) is 11.5 Å². The highest BCUT2D eigenvalue weighted by atomic mass is 35.5. The van der Waals surface area contributed by atoms with Gasteiger partial charge >= 0.3 is 0 Å². The summed E-state index contributed by atoms with van der Waals surface area (Å²) in [5, 5.41) is 0.424. The lowest BCUT2D eigenvalue weighted by Crippen LogP contribution is -2.16. The first kappa shape index (κ1) is 17.5. The molecule has 0 saturated heterocycles. The molecule has 2 N–H and O–H groups in total. The highest BCUT2D eigenvalue weighted by Crippen LogP contribution is 2.39. The third-order valence-electron chi connectivity index (χ3n) is 3.73. The number of halogens is 3. The second-order valence-electron chi connectivity index (χ2n) is 5.08. The molecule has 0 spiro atoms. The molecule has 124 valence electrons. The summed E-state index contributed by atoms with van der Waals surface area (Å²) in [5.74, 6) is -1.00. The molecule has 0 aliphatic rings. The first-order valence-electron chi connectivity index (χ1n) is 7.06. The molecule has 0 aliphatic heterocycles. The molecule has 0 aromatic heterocycles. The van der Waals surface area contributed by atoms with Crippen LogP contribution in [-0.4, -0.2) is 20.8 Å². The van der Waals surface area contributed by atoms with E-state index in [1.54, 1.807) is 6.07 Å². The Bertz CT molecular complexity index is 695. The zero-order chi connectivity index (χ0) is 17.0. The van der Waals surface area contributed by atoms with Crippen molar-refractivity contribution in [2.45, 2.75) is 12.3 Å². The first-order valence-corrected chi connectivity index (χ1v) is 7.44. The fourth-order valence-corrected chi connectivity index (χ4v) is 2.77. The fraction of sp³-hybridized carbons (Fsp3) is 0.294. The summed E-state index contributed by atoms with van der Waals surface area (Å²) in [5.41, 5.74) is 7.22. The molecule has 0 bridgehead atoms. The summed E-state index contributed by atoms with van der Waals surface area (Å²) in [7, 11) is 3.03. The minimum Gasteiger partial charge on any atom is -0.493 e. The summed E-state index contributed by atoms with van der Waals surface area (Å²) in [4.78, 5) is 0. The van der Waals surface area contributed by atoms with E-state index in [4.69, 9.17) is 26.8 Å². The molecule has 1 atom stereocenters. The molecule has 3 nitrogen and oxygen atoms in total. The molecule has 23 heavy (non-hydrogen) atoms. The van der Waals surface area contributed by atoms with Gasteiger partial charge in [0.25, 0.3) is 0 Å². The van der Waals surface area contributed by atoms with E-state index in [9.17, 15) is 8.78 Å². The van der Waals surface area contributed by atoms with Gasteiger partial charge in [0.1, 0.15) is 0 Å². The molecule has 0 saturated carbocycles. The summed E-state index contributed by atoms with van der Waals surface area (Å²) in [6.07, 6.45) is 0.473. The van der Waals surface area contributed by atoms with Crippen molar-refractivity contribution in [3.05, 3.63) is 58.1 Å². The van der Waals surface area contributed by atoms with Gasteiger partial charge in [-0.3, -0.25) is 0 Å². The van der Waals surface area contributed by atoms with Gasteiger partial charge in [-0.25, -0.2) is 8.78 Å². The Morgan fingerprint density at radius 1 is 1.09 bits per heavy atom. The van der Waals surface area contributed by atoms with Crippen LogP contribution in [0.3, 0.4) is 0 Å². The second-order valence-corrected chi connectivity index (χ2v) is 5.46. The van der Waals surface area contributed by atoms with Crippen LogP contribution in [0.4, 0.5) is 8.78 Å². The van der Waals surface area contributed by atoms with Crippen LogP contribution >= 0.6 is 11.6 Å². The van der Waals surface area contributed by atoms with Crippen molar-refractivity contribution < 1.29 is 18.3 Å². The lowest BCUT2D eigenvalue weighted by Gasteiger charge is -2.18. The second kappa shape index (κ2) is 7.62. The van der Waals surface area contributed by atoms with Gasteiger partial charge in [-0.1, -0.05) is 23.7 Å². The number of nitrogens with two attached hydrogens (primary N) is 1. The van der Waals surface area contributed by atoms with Gasteiger partial charge in [0.05, 0.1) is 19.2 Å². The maximum atomic E-state index is 13.4. The van der Waals surface area contributed by atoms with Crippen molar-refractivity contribution >= 4 is 11.6 Å². The fourth-order valence-electron chi connectivity index (χ4n) is 2.46. The highest BCUT2D eigenvalue weighted by molar-refractivity contribution is 6.33. The van der Waals surface area contributed by atoms with Crippen molar-refractivity contribution in [2.75, 3.05) is 20.8 Å². The molecule has 1 unspecified atom stereocenters. The lowest BCUT2D eigenvalue weighted by atomic mass is 9.91. The van der Waals surface area contributed by atoms with Gasteiger partial charge in [-0.05, 0) is 42.3 Å². The molecule has 0 heterocycles. The Labute approximate surface area is 139 Å². The normalized spacial score (nSPS) is 12.1. The van der Waals surface area contributed by atoms with Crippen LogP contribution in [-0.2, 0) is 6.42 Å². The average molecular weight is 342 g/mol. The third-order valence-corrected chi connectivity index (χ3v) is 4.15. The molecule has 0 aliphatic carbocycles. The number of rotatable bonds is 6. The highest BCUT2D eigenvalue weighted by Gasteiger charge is 2.18. The summed E-state index contributed by atoms with van der Waals surface area (Å²) in [6, 6.07) is 7.36. The van der Waals surface area contributed by atoms with E-state index in [2.05, 4.69) is 0 Å². The third kappa shape index (κ3) is 3.74. The SMILES string of the molecule is COc1ccc(CC(CN)c2ccc(F)c(F)c2)c(Cl)c1OC. The summed E-state index contributed by atoms with van der Waals surface area (Å²) >= 11 is 6.36. The number of methoxy groups -OCH3 is 2. The Balaban J connectivity index is 2.33. The first-order chi connectivity index (χ1) is 11.0. The van der Waals surface area contributed by atoms with Gasteiger partial charge in [0.2, 0.25) is 0 Å². The van der Waals surface area contributed by atoms with E-state index >= 15 is 0 Å². The van der Waals surface area contributed by atoms with E-state index in [1.165, 1.54) is 26.4 Å². The van der Waals surface area contributed by atoms with Crippen molar-refractivity contribution in [2.24, 2.45) is 5.73 Å². The molecule has 0 radical (unpaired) electrons. The van der Waals surface area contributed by atoms with Crippen LogP contribution < -0.4 is 15.2 Å². The molecule has 2 aromatic rings. The van der Waals surface area contributed by atoms with E-state index in [0.29, 0.717) is 28.5 Å². The Morgan fingerprint density at radius 3 is 2.39 bits per heavy atom. The zero-order valence-corrected chi connectivity index (χ0v) is 13.7. The van der Waals surface area contributed by atoms with Gasteiger partial charge in [-0.2, -0.15) is 0 Å². The van der Waals surface area contributed by atoms with Crippen LogP contribution in [0.25, 0.3) is 0 Å². The van der Waals surface area contributed by atoms with Crippen molar-refractivity contribution in [1.29, 1.82) is 0 Å². The largest absolute Gasteiger partial charge is 0.493 e. The van der Waals surface area contributed by atoms with Crippen molar-refractivity contribution in [3.8, 4) is 11.5 Å². The maximum absolute atomic E-state index is 13.4. The van der Waals surface area contributed by atoms with Crippen molar-refractivity contribution in [3.63, 3.8) is 0 Å². The topological polar surface area (TPSA) is 44.5 Å². The van der Waals surface area contributed by atoms with E-state index in [1.807, 2.05) is 6.07 Å². The van der Waals surface area contributed by atoms with E-state index in [0.717, 1.165) is 11.6 Å². The maximum Gasteiger partial charge on any atom is 0.179 e. The number of hydrogen-bond donors (Lipinski definition) is 1. The van der Waals surface area contributed by atoms with Gasteiger partial charge in [0.15, 0.2) is 23.1 Å². The molecule has 2 aromatic carbocycles. The Morgan fingerprint density at radius 2 is 1.83 bits per heavy atom. The Kier molecular flexibility index (Phi) is 5.80.